The van der Waals surface area contributed by atoms with Gasteiger partial charge in [-0.3, -0.25) is 4.79 Å². The minimum Gasteiger partial charge on any atom is -0.494 e. The van der Waals surface area contributed by atoms with E-state index in [1.807, 2.05) is 12.1 Å². The number of fused-ring (bicyclic) bond motifs is 2. The molecular weight excluding hydrogens is 496 g/mol. The van der Waals surface area contributed by atoms with Gasteiger partial charge in [0, 0.05) is 42.6 Å². The third-order valence-corrected chi connectivity index (χ3v) is 10.7. The van der Waals surface area contributed by atoms with Crippen LogP contribution in [0.1, 0.15) is 54.4 Å². The number of amides is 1. The van der Waals surface area contributed by atoms with Crippen molar-refractivity contribution in [1.29, 1.82) is 0 Å². The number of aryl methyl sites for hydroxylation is 1. The van der Waals surface area contributed by atoms with E-state index in [4.69, 9.17) is 9.72 Å². The Morgan fingerprint density at radius 2 is 1.95 bits per heavy atom. The summed E-state index contributed by atoms with van der Waals surface area (Å²) in [5.74, 6) is 5.62. The van der Waals surface area contributed by atoms with Crippen molar-refractivity contribution in [2.75, 3.05) is 13.7 Å². The Labute approximate surface area is 234 Å². The molecule has 4 saturated carbocycles. The molecular formula is C34H36N4O2. The molecule has 1 saturated heterocycles. The van der Waals surface area contributed by atoms with Gasteiger partial charge in [-0.1, -0.05) is 24.3 Å². The van der Waals surface area contributed by atoms with Crippen molar-refractivity contribution in [1.82, 2.24) is 19.0 Å². The fraction of sp³-hybridized carbons (Fsp3) is 0.471. The quantitative estimate of drug-likeness (QED) is 0.272. The molecule has 2 unspecified atom stereocenters. The van der Waals surface area contributed by atoms with Crippen molar-refractivity contribution in [3.8, 4) is 17.3 Å². The summed E-state index contributed by atoms with van der Waals surface area (Å²) >= 11 is 0. The first-order valence-electron chi connectivity index (χ1n) is 15.2. The number of carbonyl (C=O) groups excluding carboxylic acids is 1. The molecule has 4 atom stereocenters. The number of allylic oxidation sites excluding steroid dienone is 1. The van der Waals surface area contributed by atoms with Crippen LogP contribution in [0, 0.1) is 29.6 Å². The number of nitrogens with zero attached hydrogens (tertiary/aromatic N) is 4. The molecule has 0 N–H and O–H groups in total. The molecule has 6 nitrogen and oxygen atoms in total. The lowest BCUT2D eigenvalue weighted by Gasteiger charge is -2.52. The molecule has 2 aromatic carbocycles. The monoisotopic (exact) mass is 532 g/mol. The topological polar surface area (TPSA) is 52.3 Å². The van der Waals surface area contributed by atoms with E-state index in [-0.39, 0.29) is 5.91 Å². The van der Waals surface area contributed by atoms with Crippen LogP contribution in [0.25, 0.3) is 39.5 Å². The Morgan fingerprint density at radius 3 is 2.70 bits per heavy atom. The normalized spacial score (nSPS) is 26.9. The van der Waals surface area contributed by atoms with Crippen LogP contribution in [0.15, 0.2) is 42.5 Å². The SMILES string of the molecule is COc1cc(C(=O)N2C[C@H]3CC4CC2[C@H]43)cc2nc(-c3cc4ccc(/C=C/C5CC5)cc4n3CC3CC3)n(C)c12. The van der Waals surface area contributed by atoms with Gasteiger partial charge in [0.2, 0.25) is 0 Å². The van der Waals surface area contributed by atoms with Gasteiger partial charge in [-0.05, 0) is 97.9 Å². The maximum atomic E-state index is 13.7. The highest BCUT2D eigenvalue weighted by Gasteiger charge is 2.61. The van der Waals surface area contributed by atoms with Crippen LogP contribution in [0.4, 0.5) is 0 Å². The summed E-state index contributed by atoms with van der Waals surface area (Å²) in [6, 6.07) is 13.5. The molecule has 0 spiro atoms. The lowest BCUT2D eigenvalue weighted by molar-refractivity contribution is -0.0204. The number of likely N-dealkylation sites (tertiary alicyclic amines) is 1. The highest BCUT2D eigenvalue weighted by atomic mass is 16.5. The Hall–Kier alpha value is -3.54. The summed E-state index contributed by atoms with van der Waals surface area (Å²) in [5, 5.41) is 1.25. The van der Waals surface area contributed by atoms with Gasteiger partial charge >= 0.3 is 0 Å². The van der Waals surface area contributed by atoms with Crippen LogP contribution in [0.3, 0.4) is 0 Å². The lowest BCUT2D eigenvalue weighted by Crippen LogP contribution is -2.53. The van der Waals surface area contributed by atoms with Gasteiger partial charge in [-0.15, -0.1) is 0 Å². The molecule has 1 amide bonds. The number of carbonyl (C=O) groups is 1. The van der Waals surface area contributed by atoms with Gasteiger partial charge < -0.3 is 18.8 Å². The minimum atomic E-state index is 0.139. The first-order valence-corrected chi connectivity index (χ1v) is 15.2. The Kier molecular flexibility index (Phi) is 4.78. The third kappa shape index (κ3) is 3.40. The molecule has 5 aliphatic rings. The first-order chi connectivity index (χ1) is 19.6. The predicted molar refractivity (Wildman–Crippen MR) is 157 cm³/mol. The molecule has 6 heteroatoms. The average Bonchev–Trinajstić information content (AvgIpc) is 3.87. The van der Waals surface area contributed by atoms with Crippen molar-refractivity contribution in [3.63, 3.8) is 0 Å². The van der Waals surface area contributed by atoms with Gasteiger partial charge in [0.25, 0.3) is 5.91 Å². The number of methoxy groups -OCH3 is 1. The summed E-state index contributed by atoms with van der Waals surface area (Å²) in [4.78, 5) is 21.1. The zero-order valence-electron chi connectivity index (χ0n) is 23.3. The van der Waals surface area contributed by atoms with Crippen molar-refractivity contribution in [3.05, 3.63) is 53.6 Å². The van der Waals surface area contributed by atoms with Crippen LogP contribution < -0.4 is 4.74 Å². The summed E-state index contributed by atoms with van der Waals surface area (Å²) in [7, 11) is 3.77. The maximum Gasteiger partial charge on any atom is 0.254 e. The van der Waals surface area contributed by atoms with Crippen LogP contribution in [-0.4, -0.2) is 44.6 Å². The second kappa shape index (κ2) is 8.25. The van der Waals surface area contributed by atoms with Crippen molar-refractivity contribution in [2.45, 2.75) is 51.1 Å². The molecule has 4 aromatic rings. The van der Waals surface area contributed by atoms with E-state index in [9.17, 15) is 4.79 Å². The summed E-state index contributed by atoms with van der Waals surface area (Å²) in [6.45, 7) is 1.93. The van der Waals surface area contributed by atoms with E-state index in [0.29, 0.717) is 17.4 Å². The lowest BCUT2D eigenvalue weighted by atomic mass is 9.53. The largest absolute Gasteiger partial charge is 0.494 e. The number of hydrogen-bond acceptors (Lipinski definition) is 3. The van der Waals surface area contributed by atoms with Gasteiger partial charge in [-0.25, -0.2) is 4.98 Å². The van der Waals surface area contributed by atoms with E-state index in [1.54, 1.807) is 7.11 Å². The first kappa shape index (κ1) is 23.2. The number of hydrogen-bond donors (Lipinski definition) is 0. The van der Waals surface area contributed by atoms with E-state index < -0.39 is 0 Å². The fourth-order valence-corrected chi connectivity index (χ4v) is 8.03. The van der Waals surface area contributed by atoms with Crippen molar-refractivity contribution < 1.29 is 9.53 Å². The number of ether oxygens (including phenoxy) is 1. The molecule has 5 fully saturated rings. The number of imidazole rings is 1. The van der Waals surface area contributed by atoms with Crippen LogP contribution >= 0.6 is 0 Å². The van der Waals surface area contributed by atoms with Crippen LogP contribution in [0.5, 0.6) is 5.75 Å². The molecule has 2 aromatic heterocycles. The standard InChI is InChI=1S/C34H36N4O2/c1-36-32-26(13-24(16-30(32)40-2)34(39)38-18-25-12-23-15-28(38)31(23)25)35-33(36)29-14-22-10-9-20(6-5-19-3-4-19)11-27(22)37(29)17-21-7-8-21/h5-6,9-11,13-14,16,19,21,23,25,28,31H,3-4,7-8,12,15,17-18H2,1-2H3/b6-5+/t23?,25-,28?,31-/m1/s1. The third-order valence-electron chi connectivity index (χ3n) is 10.7. The van der Waals surface area contributed by atoms with E-state index in [2.05, 4.69) is 57.5 Å². The Morgan fingerprint density at radius 1 is 1.07 bits per heavy atom. The highest BCUT2D eigenvalue weighted by molar-refractivity contribution is 6.00. The van der Waals surface area contributed by atoms with Crippen LogP contribution in [-0.2, 0) is 13.6 Å². The molecule has 1 aliphatic heterocycles. The maximum absolute atomic E-state index is 13.7. The van der Waals surface area contributed by atoms with Gasteiger partial charge in [0.15, 0.2) is 5.82 Å². The van der Waals surface area contributed by atoms with E-state index in [1.165, 1.54) is 55.0 Å². The van der Waals surface area contributed by atoms with Gasteiger partial charge in [-0.2, -0.15) is 0 Å². The van der Waals surface area contributed by atoms with Crippen LogP contribution in [0.2, 0.25) is 0 Å². The van der Waals surface area contributed by atoms with Crippen molar-refractivity contribution in [2.24, 2.45) is 36.6 Å². The van der Waals surface area contributed by atoms with Crippen molar-refractivity contribution >= 4 is 33.9 Å². The molecule has 3 heterocycles. The molecule has 4 aliphatic carbocycles. The molecule has 9 rings (SSSR count). The summed E-state index contributed by atoms with van der Waals surface area (Å²) in [5.41, 5.74) is 6.14. The molecule has 204 valence electrons. The Balaban J connectivity index is 1.14. The average molecular weight is 533 g/mol. The zero-order chi connectivity index (χ0) is 26.7. The second-order valence-electron chi connectivity index (χ2n) is 13.2. The molecule has 40 heavy (non-hydrogen) atoms. The summed E-state index contributed by atoms with van der Waals surface area (Å²) in [6.07, 6.45) is 12.4. The number of benzene rings is 2. The predicted octanol–water partition coefficient (Wildman–Crippen LogP) is 6.52. The molecule has 0 radical (unpaired) electrons. The highest BCUT2D eigenvalue weighted by Crippen LogP contribution is 2.60. The number of aromatic nitrogens is 3. The van der Waals surface area contributed by atoms with E-state index >= 15 is 0 Å². The fourth-order valence-electron chi connectivity index (χ4n) is 8.03. The van der Waals surface area contributed by atoms with Gasteiger partial charge in [0.05, 0.1) is 18.3 Å². The zero-order valence-corrected chi connectivity index (χ0v) is 23.3. The Bertz CT molecular complexity index is 1740. The molecule has 0 bridgehead atoms. The van der Waals surface area contributed by atoms with Gasteiger partial charge in [0.1, 0.15) is 11.3 Å². The minimum absolute atomic E-state index is 0.139. The van der Waals surface area contributed by atoms with E-state index in [0.717, 1.165) is 65.2 Å². The second-order valence-corrected chi connectivity index (χ2v) is 13.2. The summed E-state index contributed by atoms with van der Waals surface area (Å²) < 4.78 is 10.5. The number of rotatable bonds is 7. The smallest absolute Gasteiger partial charge is 0.254 e.